The highest BCUT2D eigenvalue weighted by Crippen LogP contribution is 2.20. The monoisotopic (exact) mass is 208 g/mol. The van der Waals surface area contributed by atoms with Gasteiger partial charge in [-0.1, -0.05) is 6.07 Å². The highest BCUT2D eigenvalue weighted by Gasteiger charge is 2.18. The lowest BCUT2D eigenvalue weighted by Gasteiger charge is -2.25. The lowest BCUT2D eigenvalue weighted by molar-refractivity contribution is -0.0508. The number of rotatable bonds is 5. The molecule has 0 aromatic heterocycles. The molecule has 0 saturated carbocycles. The van der Waals surface area contributed by atoms with Crippen LogP contribution >= 0.6 is 0 Å². The van der Waals surface area contributed by atoms with Crippen molar-refractivity contribution in [3.8, 4) is 11.5 Å². The van der Waals surface area contributed by atoms with Crippen LogP contribution in [-0.4, -0.2) is 26.4 Å². The minimum absolute atomic E-state index is 0.556. The lowest BCUT2D eigenvalue weighted by Crippen LogP contribution is -2.32. The second-order valence-electron chi connectivity index (χ2n) is 3.62. The van der Waals surface area contributed by atoms with Crippen LogP contribution < -0.4 is 9.47 Å². The number of hydrogen-bond acceptors (Lipinski definition) is 3. The van der Waals surface area contributed by atoms with Crippen molar-refractivity contribution in [3.05, 3.63) is 24.3 Å². The second kappa shape index (κ2) is 5.03. The number of hydrogen-bond donors (Lipinski definition) is 0. The molecule has 1 fully saturated rings. The van der Waals surface area contributed by atoms with Crippen molar-refractivity contribution in [2.75, 3.05) is 26.4 Å². The summed E-state index contributed by atoms with van der Waals surface area (Å²) in [5.41, 5.74) is 0. The minimum Gasteiger partial charge on any atom is -0.494 e. The number of ether oxygens (including phenoxy) is 3. The van der Waals surface area contributed by atoms with Crippen molar-refractivity contribution < 1.29 is 14.2 Å². The molecule has 1 heterocycles. The Morgan fingerprint density at radius 3 is 2.60 bits per heavy atom. The van der Waals surface area contributed by atoms with Gasteiger partial charge in [-0.15, -0.1) is 0 Å². The van der Waals surface area contributed by atoms with Crippen LogP contribution in [0.4, 0.5) is 0 Å². The van der Waals surface area contributed by atoms with E-state index >= 15 is 0 Å². The topological polar surface area (TPSA) is 27.7 Å². The van der Waals surface area contributed by atoms with Gasteiger partial charge in [0.15, 0.2) is 0 Å². The quantitative estimate of drug-likeness (QED) is 0.741. The van der Waals surface area contributed by atoms with E-state index in [4.69, 9.17) is 14.2 Å². The van der Waals surface area contributed by atoms with Crippen LogP contribution in [0, 0.1) is 5.92 Å². The molecule has 0 N–H and O–H groups in total. The number of benzene rings is 1. The zero-order valence-electron chi connectivity index (χ0n) is 8.94. The van der Waals surface area contributed by atoms with E-state index in [1.165, 1.54) is 0 Å². The van der Waals surface area contributed by atoms with Gasteiger partial charge in [0, 0.05) is 12.0 Å². The van der Waals surface area contributed by atoms with E-state index in [2.05, 4.69) is 0 Å². The Bertz CT molecular complexity index is 307. The summed E-state index contributed by atoms with van der Waals surface area (Å²) in [6.45, 7) is 5.03. The van der Waals surface area contributed by atoms with Gasteiger partial charge in [0.1, 0.15) is 11.5 Å². The summed E-state index contributed by atoms with van der Waals surface area (Å²) in [6, 6.07) is 7.74. The third-order valence-electron chi connectivity index (χ3n) is 2.31. The maximum absolute atomic E-state index is 5.64. The molecule has 1 aliphatic rings. The molecule has 3 nitrogen and oxygen atoms in total. The first-order chi connectivity index (χ1) is 7.38. The molecule has 1 aromatic carbocycles. The van der Waals surface area contributed by atoms with Crippen LogP contribution in [0.15, 0.2) is 24.3 Å². The van der Waals surface area contributed by atoms with E-state index in [0.29, 0.717) is 12.5 Å². The van der Waals surface area contributed by atoms with Crippen molar-refractivity contribution in [2.24, 2.45) is 5.92 Å². The summed E-state index contributed by atoms with van der Waals surface area (Å²) in [6.07, 6.45) is 0. The average molecular weight is 208 g/mol. The molecule has 0 radical (unpaired) electrons. The largest absolute Gasteiger partial charge is 0.494 e. The molecule has 1 aromatic rings. The van der Waals surface area contributed by atoms with Crippen molar-refractivity contribution in [1.29, 1.82) is 0 Å². The summed E-state index contributed by atoms with van der Waals surface area (Å²) in [7, 11) is 0. The SMILES string of the molecule is CCOc1cccc(OCC2COC2)c1. The molecule has 15 heavy (non-hydrogen) atoms. The molecule has 1 saturated heterocycles. The van der Waals surface area contributed by atoms with Gasteiger partial charge in [-0.05, 0) is 19.1 Å². The first kappa shape index (κ1) is 10.3. The fourth-order valence-corrected chi connectivity index (χ4v) is 1.42. The van der Waals surface area contributed by atoms with Gasteiger partial charge < -0.3 is 14.2 Å². The fourth-order valence-electron chi connectivity index (χ4n) is 1.42. The Hall–Kier alpha value is -1.22. The van der Waals surface area contributed by atoms with Gasteiger partial charge in [0.05, 0.1) is 26.4 Å². The van der Waals surface area contributed by atoms with Crippen LogP contribution in [0.1, 0.15) is 6.92 Å². The molecular weight excluding hydrogens is 192 g/mol. The Morgan fingerprint density at radius 1 is 1.27 bits per heavy atom. The summed E-state index contributed by atoms with van der Waals surface area (Å²) < 4.78 is 16.1. The van der Waals surface area contributed by atoms with Crippen LogP contribution in [0.3, 0.4) is 0 Å². The second-order valence-corrected chi connectivity index (χ2v) is 3.62. The van der Waals surface area contributed by atoms with E-state index in [1.54, 1.807) is 0 Å². The van der Waals surface area contributed by atoms with Crippen LogP contribution in [0.5, 0.6) is 11.5 Å². The van der Waals surface area contributed by atoms with Gasteiger partial charge in [0.25, 0.3) is 0 Å². The fraction of sp³-hybridized carbons (Fsp3) is 0.500. The standard InChI is InChI=1S/C12H16O3/c1-2-14-11-4-3-5-12(6-11)15-9-10-7-13-8-10/h3-6,10H,2,7-9H2,1H3. The normalized spacial score (nSPS) is 15.8. The zero-order valence-corrected chi connectivity index (χ0v) is 8.94. The molecule has 0 atom stereocenters. The summed E-state index contributed by atoms with van der Waals surface area (Å²) in [5, 5.41) is 0. The Labute approximate surface area is 90.0 Å². The van der Waals surface area contributed by atoms with Crippen molar-refractivity contribution >= 4 is 0 Å². The average Bonchev–Trinajstić information content (AvgIpc) is 2.16. The maximum Gasteiger partial charge on any atom is 0.123 e. The van der Waals surface area contributed by atoms with Gasteiger partial charge >= 0.3 is 0 Å². The molecule has 0 bridgehead atoms. The summed E-state index contributed by atoms with van der Waals surface area (Å²) in [4.78, 5) is 0. The third-order valence-corrected chi connectivity index (χ3v) is 2.31. The van der Waals surface area contributed by atoms with Gasteiger partial charge in [-0.25, -0.2) is 0 Å². The lowest BCUT2D eigenvalue weighted by atomic mass is 10.1. The third kappa shape index (κ3) is 2.86. The summed E-state index contributed by atoms with van der Waals surface area (Å²) >= 11 is 0. The Kier molecular flexibility index (Phi) is 3.45. The summed E-state index contributed by atoms with van der Waals surface area (Å²) in [5.74, 6) is 2.29. The first-order valence-corrected chi connectivity index (χ1v) is 5.32. The van der Waals surface area contributed by atoms with E-state index in [9.17, 15) is 0 Å². The molecule has 0 unspecified atom stereocenters. The molecular formula is C12H16O3. The van der Waals surface area contributed by atoms with E-state index in [1.807, 2.05) is 31.2 Å². The highest BCUT2D eigenvalue weighted by molar-refractivity contribution is 5.32. The van der Waals surface area contributed by atoms with Crippen LogP contribution in [0.2, 0.25) is 0 Å². The molecule has 0 spiro atoms. The molecule has 3 heteroatoms. The van der Waals surface area contributed by atoms with E-state index < -0.39 is 0 Å². The van der Waals surface area contributed by atoms with Crippen molar-refractivity contribution in [3.63, 3.8) is 0 Å². The smallest absolute Gasteiger partial charge is 0.123 e. The molecule has 2 rings (SSSR count). The predicted molar refractivity (Wildman–Crippen MR) is 57.4 cm³/mol. The van der Waals surface area contributed by atoms with Crippen LogP contribution in [-0.2, 0) is 4.74 Å². The van der Waals surface area contributed by atoms with Crippen molar-refractivity contribution in [1.82, 2.24) is 0 Å². The zero-order chi connectivity index (χ0) is 10.5. The maximum atomic E-state index is 5.64. The van der Waals surface area contributed by atoms with E-state index in [0.717, 1.165) is 31.3 Å². The molecule has 1 aliphatic heterocycles. The Balaban J connectivity index is 1.86. The first-order valence-electron chi connectivity index (χ1n) is 5.32. The van der Waals surface area contributed by atoms with Crippen LogP contribution in [0.25, 0.3) is 0 Å². The molecule has 0 aliphatic carbocycles. The predicted octanol–water partition coefficient (Wildman–Crippen LogP) is 2.11. The highest BCUT2D eigenvalue weighted by atomic mass is 16.5. The van der Waals surface area contributed by atoms with Gasteiger partial charge in [0.2, 0.25) is 0 Å². The Morgan fingerprint density at radius 2 is 2.00 bits per heavy atom. The molecule has 0 amide bonds. The van der Waals surface area contributed by atoms with Gasteiger partial charge in [-0.2, -0.15) is 0 Å². The minimum atomic E-state index is 0.556. The van der Waals surface area contributed by atoms with Gasteiger partial charge in [-0.3, -0.25) is 0 Å². The molecule has 82 valence electrons. The van der Waals surface area contributed by atoms with E-state index in [-0.39, 0.29) is 0 Å². The van der Waals surface area contributed by atoms with Crippen molar-refractivity contribution in [2.45, 2.75) is 6.92 Å².